The van der Waals surface area contributed by atoms with Crippen molar-refractivity contribution in [1.29, 1.82) is 0 Å². The lowest BCUT2D eigenvalue weighted by Gasteiger charge is -2.18. The van der Waals surface area contributed by atoms with Crippen LogP contribution in [-0.4, -0.2) is 13.1 Å². The molecule has 0 amide bonds. The van der Waals surface area contributed by atoms with E-state index in [1.54, 1.807) is 0 Å². The molecule has 0 radical (unpaired) electrons. The number of esters is 1. The monoisotopic (exact) mass is 360 g/mol. The maximum atomic E-state index is 12.7. The largest absolute Gasteiger partial charge is 0.465 e. The third kappa shape index (κ3) is 1.84. The molecule has 0 spiro atoms. The molecule has 0 saturated heterocycles. The number of carbonyl (C=O) groups excluding carboxylic acids is 1. The summed E-state index contributed by atoms with van der Waals surface area (Å²) in [5.41, 5.74) is 0.620. The molecule has 0 aromatic heterocycles. The van der Waals surface area contributed by atoms with Crippen molar-refractivity contribution in [3.63, 3.8) is 0 Å². The zero-order valence-corrected chi connectivity index (χ0v) is 15.3. The molecule has 0 heterocycles. The Morgan fingerprint density at radius 1 is 0.571 bits per heavy atom. The maximum Gasteiger partial charge on any atom is 0.338 e. The first kappa shape index (κ1) is 15.4. The summed E-state index contributed by atoms with van der Waals surface area (Å²) in [6.07, 6.45) is 0. The van der Waals surface area contributed by atoms with Crippen LogP contribution in [0.4, 0.5) is 0 Å². The van der Waals surface area contributed by atoms with Crippen LogP contribution in [0.5, 0.6) is 0 Å². The molecule has 6 aromatic rings. The Morgan fingerprint density at radius 2 is 1.21 bits per heavy atom. The Hall–Kier alpha value is -3.65. The summed E-state index contributed by atoms with van der Waals surface area (Å²) in [4.78, 5) is 12.7. The second-order valence-corrected chi connectivity index (χ2v) is 7.26. The van der Waals surface area contributed by atoms with Gasteiger partial charge in [0.05, 0.1) is 12.7 Å². The minimum absolute atomic E-state index is 0.299. The van der Waals surface area contributed by atoms with E-state index in [2.05, 4.69) is 60.7 Å². The number of hydrogen-bond donors (Lipinski definition) is 0. The van der Waals surface area contributed by atoms with Crippen LogP contribution in [0.1, 0.15) is 10.4 Å². The summed E-state index contributed by atoms with van der Waals surface area (Å²) in [6.45, 7) is 0. The highest BCUT2D eigenvalue weighted by Gasteiger charge is 2.20. The topological polar surface area (TPSA) is 26.3 Å². The average molecular weight is 360 g/mol. The zero-order chi connectivity index (χ0) is 18.8. The van der Waals surface area contributed by atoms with Crippen molar-refractivity contribution in [3.8, 4) is 0 Å². The van der Waals surface area contributed by atoms with Gasteiger partial charge in [0.15, 0.2) is 0 Å². The number of rotatable bonds is 1. The van der Waals surface area contributed by atoms with Crippen LogP contribution in [0.25, 0.3) is 53.9 Å². The molecular formula is C26H16O2. The minimum atomic E-state index is -0.299. The number of fused-ring (bicyclic) bond motifs is 5. The van der Waals surface area contributed by atoms with Gasteiger partial charge in [-0.05, 0) is 54.5 Å². The molecule has 0 aliphatic rings. The van der Waals surface area contributed by atoms with Gasteiger partial charge in [0.25, 0.3) is 0 Å². The van der Waals surface area contributed by atoms with Crippen molar-refractivity contribution in [3.05, 3.63) is 84.4 Å². The molecule has 2 heteroatoms. The molecule has 2 nitrogen and oxygen atoms in total. The number of benzene rings is 6. The van der Waals surface area contributed by atoms with Crippen LogP contribution in [-0.2, 0) is 4.74 Å². The predicted molar refractivity (Wildman–Crippen MR) is 116 cm³/mol. The van der Waals surface area contributed by atoms with Crippen LogP contribution in [0.15, 0.2) is 78.9 Å². The molecule has 0 unspecified atom stereocenters. The van der Waals surface area contributed by atoms with E-state index in [0.29, 0.717) is 5.56 Å². The van der Waals surface area contributed by atoms with Gasteiger partial charge in [-0.15, -0.1) is 0 Å². The lowest BCUT2D eigenvalue weighted by molar-refractivity contribution is 0.0603. The van der Waals surface area contributed by atoms with E-state index in [0.717, 1.165) is 26.9 Å². The first-order chi connectivity index (χ1) is 13.8. The molecule has 0 fully saturated rings. The normalized spacial score (nSPS) is 11.9. The van der Waals surface area contributed by atoms with E-state index in [-0.39, 0.29) is 5.97 Å². The zero-order valence-electron chi connectivity index (χ0n) is 15.3. The molecule has 0 aliphatic heterocycles. The molecule has 0 aliphatic carbocycles. The van der Waals surface area contributed by atoms with E-state index in [9.17, 15) is 4.79 Å². The Kier molecular flexibility index (Phi) is 2.99. The third-order valence-corrected chi connectivity index (χ3v) is 5.90. The van der Waals surface area contributed by atoms with Crippen LogP contribution >= 0.6 is 0 Å². The molecule has 0 saturated carbocycles. The lowest BCUT2D eigenvalue weighted by Crippen LogP contribution is -2.03. The summed E-state index contributed by atoms with van der Waals surface area (Å²) in [5.74, 6) is -0.299. The highest BCUT2D eigenvalue weighted by atomic mass is 16.5. The smallest absolute Gasteiger partial charge is 0.338 e. The van der Waals surface area contributed by atoms with Crippen molar-refractivity contribution in [2.45, 2.75) is 0 Å². The lowest BCUT2D eigenvalue weighted by atomic mass is 9.85. The first-order valence-corrected chi connectivity index (χ1v) is 9.37. The average Bonchev–Trinajstić information content (AvgIpc) is 2.76. The summed E-state index contributed by atoms with van der Waals surface area (Å²) in [6, 6.07) is 27.4. The van der Waals surface area contributed by atoms with Crippen LogP contribution < -0.4 is 0 Å². The van der Waals surface area contributed by atoms with Crippen molar-refractivity contribution in [2.24, 2.45) is 0 Å². The second-order valence-electron chi connectivity index (χ2n) is 7.26. The molecular weight excluding hydrogens is 344 g/mol. The second kappa shape index (κ2) is 5.43. The van der Waals surface area contributed by atoms with Gasteiger partial charge in [-0.2, -0.15) is 0 Å². The minimum Gasteiger partial charge on any atom is -0.465 e. The van der Waals surface area contributed by atoms with Crippen molar-refractivity contribution in [2.75, 3.05) is 7.11 Å². The molecule has 0 bridgehead atoms. The van der Waals surface area contributed by atoms with Gasteiger partial charge in [-0.3, -0.25) is 0 Å². The van der Waals surface area contributed by atoms with E-state index >= 15 is 0 Å². The van der Waals surface area contributed by atoms with Crippen LogP contribution in [0.3, 0.4) is 0 Å². The van der Waals surface area contributed by atoms with Gasteiger partial charge in [0, 0.05) is 5.39 Å². The number of carbonyl (C=O) groups is 1. The van der Waals surface area contributed by atoms with E-state index < -0.39 is 0 Å². The highest BCUT2D eigenvalue weighted by molar-refractivity contribution is 6.39. The quantitative estimate of drug-likeness (QED) is 0.186. The molecule has 132 valence electrons. The fourth-order valence-corrected chi connectivity index (χ4v) is 4.72. The summed E-state index contributed by atoms with van der Waals surface area (Å²) in [5, 5.41) is 11.5. The van der Waals surface area contributed by atoms with E-state index in [1.165, 1.54) is 34.0 Å². The Morgan fingerprint density at radius 3 is 2.07 bits per heavy atom. The predicted octanol–water partition coefficient (Wildman–Crippen LogP) is 6.68. The number of hydrogen-bond acceptors (Lipinski definition) is 2. The van der Waals surface area contributed by atoms with E-state index in [1.807, 2.05) is 18.2 Å². The molecule has 6 aromatic carbocycles. The Bertz CT molecular complexity index is 1560. The molecule has 0 N–H and O–H groups in total. The van der Waals surface area contributed by atoms with Crippen molar-refractivity contribution in [1.82, 2.24) is 0 Å². The van der Waals surface area contributed by atoms with Crippen molar-refractivity contribution < 1.29 is 9.53 Å². The van der Waals surface area contributed by atoms with Gasteiger partial charge in [0.1, 0.15) is 0 Å². The van der Waals surface area contributed by atoms with Crippen LogP contribution in [0.2, 0.25) is 0 Å². The van der Waals surface area contributed by atoms with E-state index in [4.69, 9.17) is 4.74 Å². The SMILES string of the molecule is COC(=O)c1ccc2ccc3cccc4c5ccc6ccccc6c5c1c2c34. The maximum absolute atomic E-state index is 12.7. The van der Waals surface area contributed by atoms with Gasteiger partial charge in [-0.25, -0.2) is 4.79 Å². The fraction of sp³-hybridized carbons (Fsp3) is 0.0385. The molecule has 28 heavy (non-hydrogen) atoms. The standard InChI is InChI=1S/C26H16O2/c1-28-26(27)21-14-12-17-10-9-16-6-4-8-19-20-13-11-15-5-2-3-7-18(15)24(20)25(21)23(17)22(16)19/h2-14H,1H3. The first-order valence-electron chi connectivity index (χ1n) is 9.37. The summed E-state index contributed by atoms with van der Waals surface area (Å²) in [7, 11) is 1.45. The third-order valence-electron chi connectivity index (χ3n) is 5.90. The van der Waals surface area contributed by atoms with Gasteiger partial charge in [0.2, 0.25) is 0 Å². The summed E-state index contributed by atoms with van der Waals surface area (Å²) >= 11 is 0. The van der Waals surface area contributed by atoms with Gasteiger partial charge in [-0.1, -0.05) is 72.8 Å². The Balaban J connectivity index is 2.07. The molecule has 0 atom stereocenters. The summed E-state index contributed by atoms with van der Waals surface area (Å²) < 4.78 is 5.15. The van der Waals surface area contributed by atoms with Gasteiger partial charge < -0.3 is 4.74 Å². The van der Waals surface area contributed by atoms with Gasteiger partial charge >= 0.3 is 5.97 Å². The number of methoxy groups -OCH3 is 1. The van der Waals surface area contributed by atoms with Crippen molar-refractivity contribution >= 4 is 59.8 Å². The fourth-order valence-electron chi connectivity index (χ4n) is 4.72. The Labute approximate surface area is 161 Å². The van der Waals surface area contributed by atoms with Crippen LogP contribution in [0, 0.1) is 0 Å². The number of ether oxygens (including phenoxy) is 1. The molecule has 6 rings (SSSR count). The highest BCUT2D eigenvalue weighted by Crippen LogP contribution is 2.44.